The van der Waals surface area contributed by atoms with Crippen LogP contribution in [0.5, 0.6) is 5.75 Å². The van der Waals surface area contributed by atoms with Crippen molar-refractivity contribution in [3.8, 4) is 17.0 Å². The molecule has 1 amide bonds. The van der Waals surface area contributed by atoms with E-state index in [1.807, 2.05) is 74.4 Å². The molecule has 4 rings (SSSR count). The van der Waals surface area contributed by atoms with Gasteiger partial charge in [0.1, 0.15) is 11.8 Å². The number of hydrogen-bond acceptors (Lipinski definition) is 6. The fourth-order valence-electron chi connectivity index (χ4n) is 4.85. The summed E-state index contributed by atoms with van der Waals surface area (Å²) in [5.41, 5.74) is 1.09. The number of hydrogen-bond donors (Lipinski definition) is 2. The topological polar surface area (TPSA) is 74.7 Å². The molecule has 0 radical (unpaired) electrons. The first kappa shape index (κ1) is 26.5. The summed E-state index contributed by atoms with van der Waals surface area (Å²) in [6.07, 6.45) is 0.455. The number of carbonyl (C=O) groups excluding carboxylic acids is 1. The Labute approximate surface area is 222 Å². The Bertz CT molecular complexity index is 1190. The van der Waals surface area contributed by atoms with E-state index in [-0.39, 0.29) is 11.8 Å². The molecule has 0 spiro atoms. The van der Waals surface area contributed by atoms with E-state index in [0.717, 1.165) is 22.6 Å². The molecule has 0 saturated carbocycles. The lowest BCUT2D eigenvalue weighted by molar-refractivity contribution is -0.154. The lowest BCUT2D eigenvalue weighted by atomic mass is 9.66. The van der Waals surface area contributed by atoms with E-state index in [9.17, 15) is 9.90 Å². The number of nitrogens with zero attached hydrogens (tertiary/aromatic N) is 2. The highest BCUT2D eigenvalue weighted by atomic mass is 35.5. The number of likely N-dealkylation sites (tertiary alicyclic amines) is 1. The number of anilines is 1. The zero-order valence-electron chi connectivity index (χ0n) is 21.4. The minimum Gasteiger partial charge on any atom is -0.497 e. The molecular formula is C28H34ClN3O3S. The average Bonchev–Trinajstić information content (AvgIpc) is 3.33. The van der Waals surface area contributed by atoms with Crippen molar-refractivity contribution >= 4 is 34.0 Å². The molecule has 8 heteroatoms. The lowest BCUT2D eigenvalue weighted by Gasteiger charge is -2.51. The molecule has 0 unspecified atom stereocenters. The van der Waals surface area contributed by atoms with Gasteiger partial charge in [-0.15, -0.1) is 11.3 Å². The molecule has 1 fully saturated rings. The number of methoxy groups -OCH3 is 1. The Morgan fingerprint density at radius 3 is 2.42 bits per heavy atom. The van der Waals surface area contributed by atoms with Crippen LogP contribution in [0.2, 0.25) is 5.02 Å². The standard InChI is InChI=1S/C28H34ClN3O3S/c1-18(2)24(31-26-30-23(16-36-26)19-6-12-22(35-5)13-7-19)25(33)32-15-14-28(34,27(3,4)17-32)20-8-10-21(29)11-9-20/h6-13,16,18,24,34H,14-15,17H2,1-5H3,(H,30,31)/t24-,28+/m1/s1. The summed E-state index contributed by atoms with van der Waals surface area (Å²) in [7, 11) is 1.64. The van der Waals surface area contributed by atoms with Gasteiger partial charge in [0.2, 0.25) is 5.91 Å². The fraction of sp³-hybridized carbons (Fsp3) is 0.429. The van der Waals surface area contributed by atoms with E-state index in [1.165, 1.54) is 11.3 Å². The maximum atomic E-state index is 13.7. The molecule has 2 heterocycles. The Morgan fingerprint density at radius 2 is 1.83 bits per heavy atom. The third kappa shape index (κ3) is 5.24. The summed E-state index contributed by atoms with van der Waals surface area (Å²) >= 11 is 7.55. The molecule has 0 aliphatic carbocycles. The van der Waals surface area contributed by atoms with Crippen molar-refractivity contribution in [2.75, 3.05) is 25.5 Å². The van der Waals surface area contributed by atoms with Crippen LogP contribution in [0.25, 0.3) is 11.3 Å². The number of nitrogens with one attached hydrogen (secondary N) is 1. The number of aromatic nitrogens is 1. The van der Waals surface area contributed by atoms with Gasteiger partial charge in [-0.05, 0) is 54.3 Å². The second-order valence-electron chi connectivity index (χ2n) is 10.4. The molecule has 6 nitrogen and oxygen atoms in total. The number of aliphatic hydroxyl groups is 1. The van der Waals surface area contributed by atoms with E-state index in [0.29, 0.717) is 29.7 Å². The van der Waals surface area contributed by atoms with Crippen LogP contribution in [-0.2, 0) is 10.4 Å². The van der Waals surface area contributed by atoms with Crippen LogP contribution in [0.1, 0.15) is 39.7 Å². The summed E-state index contributed by atoms with van der Waals surface area (Å²) in [6, 6.07) is 14.7. The Kier molecular flexibility index (Phi) is 7.64. The number of thiazole rings is 1. The quantitative estimate of drug-likeness (QED) is 0.391. The van der Waals surface area contributed by atoms with Crippen molar-refractivity contribution in [3.05, 3.63) is 64.5 Å². The highest BCUT2D eigenvalue weighted by Gasteiger charge is 2.50. The first-order valence-electron chi connectivity index (χ1n) is 12.2. The number of piperidine rings is 1. The van der Waals surface area contributed by atoms with Crippen molar-refractivity contribution in [1.82, 2.24) is 9.88 Å². The van der Waals surface area contributed by atoms with Gasteiger partial charge in [-0.3, -0.25) is 4.79 Å². The van der Waals surface area contributed by atoms with Crippen LogP contribution in [0.15, 0.2) is 53.9 Å². The van der Waals surface area contributed by atoms with Crippen molar-refractivity contribution in [2.24, 2.45) is 11.3 Å². The molecule has 192 valence electrons. The second kappa shape index (κ2) is 10.4. The smallest absolute Gasteiger partial charge is 0.245 e. The van der Waals surface area contributed by atoms with E-state index in [1.54, 1.807) is 19.2 Å². The van der Waals surface area contributed by atoms with E-state index < -0.39 is 17.1 Å². The minimum absolute atomic E-state index is 0.0254. The first-order chi connectivity index (χ1) is 17.0. The molecule has 1 aromatic heterocycles. The predicted octanol–water partition coefficient (Wildman–Crippen LogP) is 6.05. The Balaban J connectivity index is 1.48. The van der Waals surface area contributed by atoms with Crippen molar-refractivity contribution in [3.63, 3.8) is 0 Å². The van der Waals surface area contributed by atoms with Crippen LogP contribution in [0, 0.1) is 11.3 Å². The van der Waals surface area contributed by atoms with Crippen molar-refractivity contribution in [1.29, 1.82) is 0 Å². The van der Waals surface area contributed by atoms with Gasteiger partial charge >= 0.3 is 0 Å². The maximum absolute atomic E-state index is 13.7. The molecular weight excluding hydrogens is 494 g/mol. The van der Waals surface area contributed by atoms with E-state index in [4.69, 9.17) is 21.3 Å². The monoisotopic (exact) mass is 527 g/mol. The van der Waals surface area contributed by atoms with Gasteiger partial charge in [0.15, 0.2) is 5.13 Å². The number of amides is 1. The minimum atomic E-state index is -1.04. The molecule has 1 aliphatic rings. The lowest BCUT2D eigenvalue weighted by Crippen LogP contribution is -2.59. The summed E-state index contributed by atoms with van der Waals surface area (Å²) in [4.78, 5) is 20.3. The van der Waals surface area contributed by atoms with Gasteiger partial charge in [0.05, 0.1) is 18.4 Å². The molecule has 0 bridgehead atoms. The fourth-order valence-corrected chi connectivity index (χ4v) is 5.73. The van der Waals surface area contributed by atoms with Crippen molar-refractivity contribution < 1.29 is 14.6 Å². The third-order valence-corrected chi connectivity index (χ3v) is 8.21. The summed E-state index contributed by atoms with van der Waals surface area (Å²) in [5, 5.41) is 18.4. The van der Waals surface area contributed by atoms with Crippen molar-refractivity contribution in [2.45, 2.75) is 45.8 Å². The predicted molar refractivity (Wildman–Crippen MR) is 147 cm³/mol. The van der Waals surface area contributed by atoms with Crippen LogP contribution >= 0.6 is 22.9 Å². The van der Waals surface area contributed by atoms with Crippen LogP contribution in [0.3, 0.4) is 0 Å². The Hall–Kier alpha value is -2.61. The summed E-state index contributed by atoms with van der Waals surface area (Å²) in [5.74, 6) is 0.883. The number of ether oxygens (including phenoxy) is 1. The summed E-state index contributed by atoms with van der Waals surface area (Å²) < 4.78 is 5.24. The van der Waals surface area contributed by atoms with E-state index in [2.05, 4.69) is 5.32 Å². The van der Waals surface area contributed by atoms with Crippen LogP contribution < -0.4 is 10.1 Å². The average molecular weight is 528 g/mol. The highest BCUT2D eigenvalue weighted by Crippen LogP contribution is 2.46. The molecule has 2 N–H and O–H groups in total. The van der Waals surface area contributed by atoms with Crippen LogP contribution in [-0.4, -0.2) is 47.1 Å². The van der Waals surface area contributed by atoms with Gasteiger partial charge in [0, 0.05) is 34.5 Å². The van der Waals surface area contributed by atoms with Gasteiger partial charge in [0.25, 0.3) is 0 Å². The molecule has 1 aliphatic heterocycles. The molecule has 3 aromatic rings. The molecule has 1 saturated heterocycles. The number of halogens is 1. The first-order valence-corrected chi connectivity index (χ1v) is 13.4. The molecule has 2 aromatic carbocycles. The Morgan fingerprint density at radius 1 is 1.17 bits per heavy atom. The molecule has 36 heavy (non-hydrogen) atoms. The van der Waals surface area contributed by atoms with Gasteiger partial charge in [-0.2, -0.15) is 0 Å². The van der Waals surface area contributed by atoms with Crippen LogP contribution in [0.4, 0.5) is 5.13 Å². The second-order valence-corrected chi connectivity index (χ2v) is 11.7. The zero-order chi connectivity index (χ0) is 26.1. The van der Waals surface area contributed by atoms with Gasteiger partial charge in [-0.25, -0.2) is 4.98 Å². The number of rotatable bonds is 7. The normalized spacial score (nSPS) is 20.3. The summed E-state index contributed by atoms with van der Waals surface area (Å²) in [6.45, 7) is 9.02. The largest absolute Gasteiger partial charge is 0.497 e. The van der Waals surface area contributed by atoms with Gasteiger partial charge < -0.3 is 20.1 Å². The number of benzene rings is 2. The number of carbonyl (C=O) groups is 1. The highest BCUT2D eigenvalue weighted by molar-refractivity contribution is 7.14. The third-order valence-electron chi connectivity index (χ3n) is 7.18. The zero-order valence-corrected chi connectivity index (χ0v) is 23.0. The molecule has 2 atom stereocenters. The SMILES string of the molecule is COc1ccc(-c2csc(N[C@@H](C(=O)N3CC[C@](O)(c4ccc(Cl)cc4)C(C)(C)C3)C(C)C)n2)cc1. The van der Waals surface area contributed by atoms with Gasteiger partial charge in [-0.1, -0.05) is 51.4 Å². The maximum Gasteiger partial charge on any atom is 0.245 e. The van der Waals surface area contributed by atoms with E-state index >= 15 is 0 Å².